The molecule has 1 unspecified atom stereocenters. The number of amides is 1. The van der Waals surface area contributed by atoms with Gasteiger partial charge in [0.25, 0.3) is 0 Å². The van der Waals surface area contributed by atoms with Crippen molar-refractivity contribution in [1.29, 1.82) is 0 Å². The van der Waals surface area contributed by atoms with Crippen molar-refractivity contribution in [2.24, 2.45) is 0 Å². The summed E-state index contributed by atoms with van der Waals surface area (Å²) in [4.78, 5) is 15.7. The summed E-state index contributed by atoms with van der Waals surface area (Å²) in [7, 11) is 0. The minimum atomic E-state index is -0.358. The Morgan fingerprint density at radius 2 is 2.17 bits per heavy atom. The Balaban J connectivity index is 1.90. The first kappa shape index (κ1) is 12.8. The van der Waals surface area contributed by atoms with Crippen molar-refractivity contribution in [1.82, 2.24) is 20.1 Å². The van der Waals surface area contributed by atoms with E-state index in [1.165, 1.54) is 17.3 Å². The molecular formula is C12H13BrN4O. The van der Waals surface area contributed by atoms with E-state index in [2.05, 4.69) is 31.3 Å². The van der Waals surface area contributed by atoms with Gasteiger partial charge in [-0.15, -0.1) is 0 Å². The van der Waals surface area contributed by atoms with Crippen LogP contribution in [0.2, 0.25) is 0 Å². The average molecular weight is 309 g/mol. The van der Waals surface area contributed by atoms with Gasteiger partial charge in [0.1, 0.15) is 18.7 Å². The quantitative estimate of drug-likeness (QED) is 0.938. The normalized spacial score (nSPS) is 12.1. The zero-order chi connectivity index (χ0) is 13.0. The van der Waals surface area contributed by atoms with E-state index in [4.69, 9.17) is 0 Å². The predicted octanol–water partition coefficient (Wildman–Crippen LogP) is 1.92. The number of carbonyl (C=O) groups is 1. The third-order valence-corrected chi connectivity index (χ3v) is 3.12. The average Bonchev–Trinajstić information content (AvgIpc) is 2.90. The molecule has 0 aliphatic heterocycles. The number of hydrogen-bond donors (Lipinski definition) is 1. The van der Waals surface area contributed by atoms with E-state index in [-0.39, 0.29) is 11.9 Å². The third-order valence-electron chi connectivity index (χ3n) is 2.59. The van der Waals surface area contributed by atoms with Crippen LogP contribution in [0.4, 0.5) is 0 Å². The topological polar surface area (TPSA) is 59.8 Å². The van der Waals surface area contributed by atoms with Gasteiger partial charge in [-0.1, -0.05) is 28.1 Å². The second-order valence-electron chi connectivity index (χ2n) is 3.90. The Morgan fingerprint density at radius 1 is 1.44 bits per heavy atom. The highest BCUT2D eigenvalue weighted by Gasteiger charge is 2.14. The van der Waals surface area contributed by atoms with Gasteiger partial charge in [-0.05, 0) is 24.6 Å². The van der Waals surface area contributed by atoms with Crippen molar-refractivity contribution < 1.29 is 4.79 Å². The SMILES string of the molecule is CC(C(=O)NCc1ccc(Br)cc1)n1cncn1. The van der Waals surface area contributed by atoms with Crippen LogP contribution in [0.3, 0.4) is 0 Å². The van der Waals surface area contributed by atoms with Crippen LogP contribution < -0.4 is 5.32 Å². The molecule has 0 aliphatic rings. The predicted molar refractivity (Wildman–Crippen MR) is 70.7 cm³/mol. The number of aromatic nitrogens is 3. The second kappa shape index (κ2) is 5.77. The summed E-state index contributed by atoms with van der Waals surface area (Å²) in [5.74, 6) is -0.0802. The van der Waals surface area contributed by atoms with Crippen LogP contribution in [0.5, 0.6) is 0 Å². The second-order valence-corrected chi connectivity index (χ2v) is 4.81. The summed E-state index contributed by atoms with van der Waals surface area (Å²) >= 11 is 3.37. The largest absolute Gasteiger partial charge is 0.350 e. The van der Waals surface area contributed by atoms with E-state index in [1.54, 1.807) is 6.92 Å². The fraction of sp³-hybridized carbons (Fsp3) is 0.250. The molecule has 0 aliphatic carbocycles. The van der Waals surface area contributed by atoms with Crippen molar-refractivity contribution in [3.05, 3.63) is 47.0 Å². The van der Waals surface area contributed by atoms with E-state index in [0.29, 0.717) is 6.54 Å². The number of benzene rings is 1. The third kappa shape index (κ3) is 3.16. The molecule has 2 aromatic rings. The van der Waals surface area contributed by atoms with Gasteiger partial charge in [0.15, 0.2) is 0 Å². The summed E-state index contributed by atoms with van der Waals surface area (Å²) in [6.45, 7) is 2.29. The van der Waals surface area contributed by atoms with Crippen molar-refractivity contribution in [3.8, 4) is 0 Å². The highest BCUT2D eigenvalue weighted by Crippen LogP contribution is 2.10. The van der Waals surface area contributed by atoms with Gasteiger partial charge in [-0.2, -0.15) is 5.10 Å². The van der Waals surface area contributed by atoms with E-state index in [9.17, 15) is 4.79 Å². The highest BCUT2D eigenvalue weighted by atomic mass is 79.9. The number of rotatable bonds is 4. The lowest BCUT2D eigenvalue weighted by Gasteiger charge is -2.12. The van der Waals surface area contributed by atoms with Crippen LogP contribution in [0.15, 0.2) is 41.4 Å². The molecule has 5 nitrogen and oxygen atoms in total. The molecule has 1 aromatic carbocycles. The first-order chi connectivity index (χ1) is 8.66. The molecule has 0 saturated heterocycles. The molecule has 1 heterocycles. The Labute approximate surface area is 113 Å². The molecular weight excluding hydrogens is 296 g/mol. The van der Waals surface area contributed by atoms with Crippen LogP contribution in [0.1, 0.15) is 18.5 Å². The molecule has 0 spiro atoms. The summed E-state index contributed by atoms with van der Waals surface area (Å²) in [5.41, 5.74) is 1.05. The van der Waals surface area contributed by atoms with Crippen molar-refractivity contribution in [2.75, 3.05) is 0 Å². The zero-order valence-electron chi connectivity index (χ0n) is 9.88. The van der Waals surface area contributed by atoms with E-state index in [1.807, 2.05) is 24.3 Å². The maximum absolute atomic E-state index is 11.9. The van der Waals surface area contributed by atoms with Crippen LogP contribution in [0, 0.1) is 0 Å². The first-order valence-corrected chi connectivity index (χ1v) is 6.32. The van der Waals surface area contributed by atoms with Crippen LogP contribution in [0.25, 0.3) is 0 Å². The number of nitrogens with zero attached hydrogens (tertiary/aromatic N) is 3. The number of nitrogens with one attached hydrogen (secondary N) is 1. The lowest BCUT2D eigenvalue weighted by molar-refractivity contribution is -0.124. The molecule has 0 radical (unpaired) electrons. The number of hydrogen-bond acceptors (Lipinski definition) is 3. The van der Waals surface area contributed by atoms with Gasteiger partial charge in [-0.25, -0.2) is 9.67 Å². The van der Waals surface area contributed by atoms with Crippen molar-refractivity contribution >= 4 is 21.8 Å². The Hall–Kier alpha value is -1.69. The molecule has 18 heavy (non-hydrogen) atoms. The highest BCUT2D eigenvalue weighted by molar-refractivity contribution is 9.10. The smallest absolute Gasteiger partial charge is 0.244 e. The van der Waals surface area contributed by atoms with Crippen molar-refractivity contribution in [3.63, 3.8) is 0 Å². The molecule has 0 saturated carbocycles. The maximum Gasteiger partial charge on any atom is 0.244 e. The fourth-order valence-corrected chi connectivity index (χ4v) is 1.74. The summed E-state index contributed by atoms with van der Waals surface area (Å²) < 4.78 is 2.55. The molecule has 1 atom stereocenters. The standard InChI is InChI=1S/C12H13BrN4O/c1-9(17-8-14-7-16-17)12(18)15-6-10-2-4-11(13)5-3-10/h2-5,7-9H,6H2,1H3,(H,15,18). The lowest BCUT2D eigenvalue weighted by Crippen LogP contribution is -2.30. The Kier molecular flexibility index (Phi) is 4.09. The van der Waals surface area contributed by atoms with Gasteiger partial charge < -0.3 is 5.32 Å². The minimum Gasteiger partial charge on any atom is -0.350 e. The van der Waals surface area contributed by atoms with Crippen LogP contribution in [-0.2, 0) is 11.3 Å². The lowest BCUT2D eigenvalue weighted by atomic mass is 10.2. The van der Waals surface area contributed by atoms with Gasteiger partial charge in [0.2, 0.25) is 5.91 Å². The summed E-state index contributed by atoms with van der Waals surface area (Å²) in [5, 5.41) is 6.81. The Morgan fingerprint density at radius 3 is 2.78 bits per heavy atom. The summed E-state index contributed by atoms with van der Waals surface area (Å²) in [6.07, 6.45) is 2.95. The van der Waals surface area contributed by atoms with Crippen LogP contribution >= 0.6 is 15.9 Å². The first-order valence-electron chi connectivity index (χ1n) is 5.53. The zero-order valence-corrected chi connectivity index (χ0v) is 11.5. The molecule has 1 aromatic heterocycles. The maximum atomic E-state index is 11.9. The molecule has 1 amide bonds. The van der Waals surface area contributed by atoms with Crippen molar-refractivity contribution in [2.45, 2.75) is 19.5 Å². The monoisotopic (exact) mass is 308 g/mol. The van der Waals surface area contributed by atoms with Gasteiger partial charge in [-0.3, -0.25) is 4.79 Å². The molecule has 1 N–H and O–H groups in total. The number of halogens is 1. The molecule has 2 rings (SSSR count). The van der Waals surface area contributed by atoms with Gasteiger partial charge in [0, 0.05) is 11.0 Å². The van der Waals surface area contributed by atoms with Gasteiger partial charge in [0.05, 0.1) is 0 Å². The van der Waals surface area contributed by atoms with Crippen LogP contribution in [-0.4, -0.2) is 20.7 Å². The Bertz CT molecular complexity index is 509. The van der Waals surface area contributed by atoms with Gasteiger partial charge >= 0.3 is 0 Å². The van der Waals surface area contributed by atoms with E-state index < -0.39 is 0 Å². The molecule has 0 bridgehead atoms. The summed E-state index contributed by atoms with van der Waals surface area (Å²) in [6, 6.07) is 7.46. The molecule has 0 fully saturated rings. The fourth-order valence-electron chi connectivity index (χ4n) is 1.48. The number of carbonyl (C=O) groups excluding carboxylic acids is 1. The van der Waals surface area contributed by atoms with E-state index >= 15 is 0 Å². The molecule has 94 valence electrons. The molecule has 6 heteroatoms. The minimum absolute atomic E-state index is 0.0802. The van der Waals surface area contributed by atoms with E-state index in [0.717, 1.165) is 10.0 Å².